The van der Waals surface area contributed by atoms with Gasteiger partial charge in [-0.3, -0.25) is 4.99 Å². The average molecular weight is 315 g/mol. The Kier molecular flexibility index (Phi) is 3.62. The molecule has 118 valence electrons. The highest BCUT2D eigenvalue weighted by molar-refractivity contribution is 6.14. The Morgan fingerprint density at radius 2 is 1.62 bits per heavy atom. The predicted octanol–water partition coefficient (Wildman–Crippen LogP) is 3.97. The molecule has 3 aromatic carbocycles. The van der Waals surface area contributed by atoms with Gasteiger partial charge in [-0.15, -0.1) is 0 Å². The molecule has 3 heteroatoms. The van der Waals surface area contributed by atoms with E-state index >= 15 is 0 Å². The number of benzene rings is 3. The molecule has 0 fully saturated rings. The van der Waals surface area contributed by atoms with E-state index in [0.717, 1.165) is 27.6 Å². The van der Waals surface area contributed by atoms with E-state index in [9.17, 15) is 4.79 Å². The zero-order valence-corrected chi connectivity index (χ0v) is 13.3. The summed E-state index contributed by atoms with van der Waals surface area (Å²) in [6, 6.07) is 24.0. The first kappa shape index (κ1) is 14.6. The number of esters is 1. The molecule has 0 amide bonds. The highest BCUT2D eigenvalue weighted by Gasteiger charge is 2.42. The number of aliphatic imine (C=N–C) groups is 1. The van der Waals surface area contributed by atoms with E-state index in [1.165, 1.54) is 7.11 Å². The summed E-state index contributed by atoms with van der Waals surface area (Å²) in [6.07, 6.45) is 0. The predicted molar refractivity (Wildman–Crippen MR) is 95.5 cm³/mol. The first-order valence-electron chi connectivity index (χ1n) is 7.98. The number of nitrogens with zero attached hydrogens (tertiary/aromatic N) is 1. The highest BCUT2D eigenvalue weighted by Crippen LogP contribution is 2.39. The molecule has 0 N–H and O–H groups in total. The number of ether oxygens (including phenoxy) is 1. The van der Waals surface area contributed by atoms with Crippen LogP contribution in [0.15, 0.2) is 77.8 Å². The van der Waals surface area contributed by atoms with Gasteiger partial charge in [0.25, 0.3) is 0 Å². The molecule has 0 bridgehead atoms. The molecular formula is C21H17NO2. The van der Waals surface area contributed by atoms with Gasteiger partial charge in [0.05, 0.1) is 18.7 Å². The minimum absolute atomic E-state index is 0.0778. The number of fused-ring (bicyclic) bond motifs is 1. The van der Waals surface area contributed by atoms with E-state index in [2.05, 4.69) is 29.3 Å². The fraction of sp³-hybridized carbons (Fsp3) is 0.143. The average Bonchev–Trinajstić information content (AvgIpc) is 2.62. The Labute approximate surface area is 140 Å². The van der Waals surface area contributed by atoms with Crippen molar-refractivity contribution in [1.82, 2.24) is 0 Å². The molecule has 24 heavy (non-hydrogen) atoms. The van der Waals surface area contributed by atoms with Crippen LogP contribution < -0.4 is 0 Å². The van der Waals surface area contributed by atoms with Crippen LogP contribution in [0.3, 0.4) is 0 Å². The Morgan fingerprint density at radius 1 is 0.917 bits per heavy atom. The molecule has 1 aliphatic rings. The molecule has 3 aromatic rings. The van der Waals surface area contributed by atoms with Gasteiger partial charge >= 0.3 is 5.97 Å². The molecular weight excluding hydrogens is 298 g/mol. The number of rotatable bonds is 3. The summed E-state index contributed by atoms with van der Waals surface area (Å²) < 4.78 is 4.96. The zero-order chi connectivity index (χ0) is 16.5. The van der Waals surface area contributed by atoms with Crippen LogP contribution in [0.25, 0.3) is 10.8 Å². The van der Waals surface area contributed by atoms with Crippen LogP contribution in [-0.4, -0.2) is 24.8 Å². The van der Waals surface area contributed by atoms with Gasteiger partial charge in [-0.1, -0.05) is 72.8 Å². The van der Waals surface area contributed by atoms with Crippen LogP contribution in [0.4, 0.5) is 0 Å². The molecule has 3 nitrogen and oxygen atoms in total. The molecule has 1 aliphatic heterocycles. The summed E-state index contributed by atoms with van der Waals surface area (Å²) in [7, 11) is 1.42. The molecule has 0 spiro atoms. The third kappa shape index (κ3) is 2.29. The van der Waals surface area contributed by atoms with Gasteiger partial charge in [0.15, 0.2) is 6.04 Å². The van der Waals surface area contributed by atoms with E-state index < -0.39 is 6.04 Å². The second-order valence-corrected chi connectivity index (χ2v) is 5.89. The SMILES string of the molecule is COC(=O)[C@@H]1N=C(c2ccccc2)[C@H]1c1cccc2ccccc12. The molecule has 0 saturated heterocycles. The topological polar surface area (TPSA) is 38.7 Å². The quantitative estimate of drug-likeness (QED) is 0.686. The summed E-state index contributed by atoms with van der Waals surface area (Å²) in [6.45, 7) is 0. The van der Waals surface area contributed by atoms with Crippen molar-refractivity contribution in [2.24, 2.45) is 4.99 Å². The molecule has 0 saturated carbocycles. The summed E-state index contributed by atoms with van der Waals surface area (Å²) in [5.41, 5.74) is 3.12. The lowest BCUT2D eigenvalue weighted by molar-refractivity contribution is -0.142. The lowest BCUT2D eigenvalue weighted by Crippen LogP contribution is -2.42. The fourth-order valence-corrected chi connectivity index (χ4v) is 3.38. The second kappa shape index (κ2) is 5.93. The van der Waals surface area contributed by atoms with Crippen molar-refractivity contribution in [3.63, 3.8) is 0 Å². The van der Waals surface area contributed by atoms with Gasteiger partial charge in [-0.2, -0.15) is 0 Å². The molecule has 0 aliphatic carbocycles. The molecule has 0 aromatic heterocycles. The summed E-state index contributed by atoms with van der Waals surface area (Å²) in [5.74, 6) is -0.362. The minimum atomic E-state index is -0.476. The van der Waals surface area contributed by atoms with Gasteiger partial charge in [0.1, 0.15) is 0 Å². The van der Waals surface area contributed by atoms with Crippen LogP contribution in [0, 0.1) is 0 Å². The molecule has 1 heterocycles. The molecule has 2 atom stereocenters. The highest BCUT2D eigenvalue weighted by atomic mass is 16.5. The van der Waals surface area contributed by atoms with E-state index in [1.807, 2.05) is 48.5 Å². The van der Waals surface area contributed by atoms with E-state index in [-0.39, 0.29) is 11.9 Å². The van der Waals surface area contributed by atoms with Crippen molar-refractivity contribution in [1.29, 1.82) is 0 Å². The van der Waals surface area contributed by atoms with Crippen LogP contribution in [-0.2, 0) is 9.53 Å². The fourth-order valence-electron chi connectivity index (χ4n) is 3.38. The molecule has 4 rings (SSSR count). The molecule has 0 radical (unpaired) electrons. The van der Waals surface area contributed by atoms with E-state index in [1.54, 1.807) is 0 Å². The standard InChI is InChI=1S/C21H17NO2/c1-24-21(23)20-18(19(22-20)15-9-3-2-4-10-15)17-13-7-11-14-8-5-6-12-16(14)17/h2-13,18,20H,1H3/t18-,20-/m1/s1. The number of methoxy groups -OCH3 is 1. The second-order valence-electron chi connectivity index (χ2n) is 5.89. The maximum Gasteiger partial charge on any atom is 0.331 e. The van der Waals surface area contributed by atoms with Crippen molar-refractivity contribution < 1.29 is 9.53 Å². The van der Waals surface area contributed by atoms with Crippen molar-refractivity contribution in [3.05, 3.63) is 83.9 Å². The third-order valence-corrected chi connectivity index (χ3v) is 4.56. The van der Waals surface area contributed by atoms with Crippen LogP contribution in [0.2, 0.25) is 0 Å². The Morgan fingerprint density at radius 3 is 2.42 bits per heavy atom. The van der Waals surface area contributed by atoms with Gasteiger partial charge < -0.3 is 4.74 Å². The van der Waals surface area contributed by atoms with Crippen molar-refractivity contribution in [2.45, 2.75) is 12.0 Å². The summed E-state index contributed by atoms with van der Waals surface area (Å²) in [5, 5.41) is 2.32. The van der Waals surface area contributed by atoms with Crippen molar-refractivity contribution in [2.75, 3.05) is 7.11 Å². The van der Waals surface area contributed by atoms with E-state index in [0.29, 0.717) is 0 Å². The third-order valence-electron chi connectivity index (χ3n) is 4.56. The van der Waals surface area contributed by atoms with Crippen molar-refractivity contribution >= 4 is 22.5 Å². The number of carbonyl (C=O) groups excluding carboxylic acids is 1. The monoisotopic (exact) mass is 315 g/mol. The van der Waals surface area contributed by atoms with Gasteiger partial charge in [-0.25, -0.2) is 4.79 Å². The number of hydrogen-bond donors (Lipinski definition) is 0. The normalized spacial score (nSPS) is 19.5. The smallest absolute Gasteiger partial charge is 0.331 e. The van der Waals surface area contributed by atoms with E-state index in [4.69, 9.17) is 4.74 Å². The zero-order valence-electron chi connectivity index (χ0n) is 13.3. The van der Waals surface area contributed by atoms with Gasteiger partial charge in [0, 0.05) is 0 Å². The van der Waals surface area contributed by atoms with Crippen LogP contribution >= 0.6 is 0 Å². The maximum atomic E-state index is 12.2. The first-order valence-corrected chi connectivity index (χ1v) is 7.98. The Bertz CT molecular complexity index is 925. The van der Waals surface area contributed by atoms with Gasteiger partial charge in [0.2, 0.25) is 0 Å². The largest absolute Gasteiger partial charge is 0.467 e. The van der Waals surface area contributed by atoms with Crippen molar-refractivity contribution in [3.8, 4) is 0 Å². The summed E-state index contributed by atoms with van der Waals surface area (Å²) >= 11 is 0. The number of carbonyl (C=O) groups is 1. The Balaban J connectivity index is 1.86. The molecule has 0 unspecified atom stereocenters. The Hall–Kier alpha value is -2.94. The lowest BCUT2D eigenvalue weighted by Gasteiger charge is -2.34. The first-order chi connectivity index (χ1) is 11.8. The minimum Gasteiger partial charge on any atom is -0.467 e. The summed E-state index contributed by atoms with van der Waals surface area (Å²) in [4.78, 5) is 16.7. The van der Waals surface area contributed by atoms with Gasteiger partial charge in [-0.05, 0) is 21.9 Å². The van der Waals surface area contributed by atoms with Crippen LogP contribution in [0.5, 0.6) is 0 Å². The number of hydrogen-bond acceptors (Lipinski definition) is 3. The lowest BCUT2D eigenvalue weighted by atomic mass is 9.77. The van der Waals surface area contributed by atoms with Crippen LogP contribution in [0.1, 0.15) is 17.0 Å². The maximum absolute atomic E-state index is 12.2.